The summed E-state index contributed by atoms with van der Waals surface area (Å²) in [6, 6.07) is 23.3. The minimum absolute atomic E-state index is 0.470. The lowest BCUT2D eigenvalue weighted by Gasteiger charge is -2.23. The molecule has 12 nitrogen and oxygen atoms in total. The van der Waals surface area contributed by atoms with Gasteiger partial charge in [-0.3, -0.25) is 0 Å². The van der Waals surface area contributed by atoms with E-state index in [1.54, 1.807) is 18.9 Å². The molecule has 6 rings (SSSR count). The summed E-state index contributed by atoms with van der Waals surface area (Å²) >= 11 is 0. The minimum atomic E-state index is 0.470. The summed E-state index contributed by atoms with van der Waals surface area (Å²) in [6.45, 7) is 11.4. The van der Waals surface area contributed by atoms with Crippen molar-refractivity contribution in [3.05, 3.63) is 79.0 Å². The summed E-state index contributed by atoms with van der Waals surface area (Å²) in [6.07, 6.45) is 1.83. The molecule has 3 aromatic carbocycles. The smallest absolute Gasteiger partial charge is 0.230 e. The van der Waals surface area contributed by atoms with Crippen molar-refractivity contribution in [2.45, 2.75) is 27.7 Å². The molecule has 0 fully saturated rings. The van der Waals surface area contributed by atoms with Crippen LogP contribution in [0, 0.1) is 0 Å². The summed E-state index contributed by atoms with van der Waals surface area (Å²) in [5.41, 5.74) is 4.61. The number of hydrogen-bond donors (Lipinski definition) is 0. The molecular formula is C36H39N9O3. The topological polar surface area (TPSA) is 120 Å². The Morgan fingerprint density at radius 1 is 0.667 bits per heavy atom. The highest BCUT2D eigenvalue weighted by molar-refractivity contribution is 5.79. The van der Waals surface area contributed by atoms with E-state index in [1.165, 1.54) is 0 Å². The van der Waals surface area contributed by atoms with Crippen molar-refractivity contribution in [2.75, 3.05) is 50.2 Å². The monoisotopic (exact) mass is 645 g/mol. The quantitative estimate of drug-likeness (QED) is 0.132. The van der Waals surface area contributed by atoms with Crippen molar-refractivity contribution >= 4 is 11.9 Å². The molecule has 0 saturated heterocycles. The van der Waals surface area contributed by atoms with Crippen LogP contribution < -0.4 is 19.3 Å². The third kappa shape index (κ3) is 6.55. The molecule has 3 heterocycles. The Balaban J connectivity index is 1.37. The van der Waals surface area contributed by atoms with Gasteiger partial charge in [0.25, 0.3) is 0 Å². The lowest BCUT2D eigenvalue weighted by Crippen LogP contribution is -2.28. The standard InChI is InChI=1S/C36H39N9O3/c1-7-43(8-2)35-38-33(39-36(40-35)44(9-3)10-4)30-23-45(42-41-30)27-13-11-12-26(22-27)34-37-31(24-14-18-28(46-5)19-15-24)32(48-34)25-16-20-29(47-6)21-17-25/h11-23H,7-10H2,1-6H3. The predicted molar refractivity (Wildman–Crippen MR) is 187 cm³/mol. The summed E-state index contributed by atoms with van der Waals surface area (Å²) in [5.74, 6) is 4.35. The molecule has 0 spiro atoms. The van der Waals surface area contributed by atoms with Crippen molar-refractivity contribution in [2.24, 2.45) is 0 Å². The van der Waals surface area contributed by atoms with E-state index in [9.17, 15) is 0 Å². The molecule has 0 bridgehead atoms. The number of hydrogen-bond acceptors (Lipinski definition) is 11. The number of aromatic nitrogens is 7. The van der Waals surface area contributed by atoms with Gasteiger partial charge in [0, 0.05) is 42.9 Å². The highest BCUT2D eigenvalue weighted by Gasteiger charge is 2.21. The molecule has 0 atom stereocenters. The van der Waals surface area contributed by atoms with Crippen molar-refractivity contribution in [1.29, 1.82) is 0 Å². The molecule has 0 unspecified atom stereocenters. The second kappa shape index (κ2) is 14.3. The average molecular weight is 646 g/mol. The van der Waals surface area contributed by atoms with Crippen LogP contribution in [0.5, 0.6) is 11.5 Å². The molecule has 0 N–H and O–H groups in total. The minimum Gasteiger partial charge on any atom is -0.497 e. The van der Waals surface area contributed by atoms with Crippen LogP contribution >= 0.6 is 0 Å². The second-order valence-electron chi connectivity index (χ2n) is 10.9. The van der Waals surface area contributed by atoms with Gasteiger partial charge in [0.1, 0.15) is 17.2 Å². The van der Waals surface area contributed by atoms with Gasteiger partial charge < -0.3 is 23.7 Å². The maximum atomic E-state index is 6.49. The maximum absolute atomic E-state index is 6.49. The van der Waals surface area contributed by atoms with E-state index >= 15 is 0 Å². The first-order valence-electron chi connectivity index (χ1n) is 16.1. The SMILES string of the molecule is CCN(CC)c1nc(-c2cn(-c3cccc(-c4nc(-c5ccc(OC)cc5)c(-c5ccc(OC)cc5)o4)c3)nn2)nc(N(CC)CC)n1. The molecule has 3 aromatic heterocycles. The lowest BCUT2D eigenvalue weighted by atomic mass is 10.1. The van der Waals surface area contributed by atoms with E-state index in [1.807, 2.05) is 79.0 Å². The summed E-state index contributed by atoms with van der Waals surface area (Å²) in [7, 11) is 3.29. The number of oxazole rings is 1. The van der Waals surface area contributed by atoms with Gasteiger partial charge in [0.2, 0.25) is 17.8 Å². The first kappa shape index (κ1) is 32.2. The van der Waals surface area contributed by atoms with Gasteiger partial charge >= 0.3 is 0 Å². The first-order valence-corrected chi connectivity index (χ1v) is 16.1. The predicted octanol–water partition coefficient (Wildman–Crippen LogP) is 6.82. The molecule has 246 valence electrons. The number of methoxy groups -OCH3 is 2. The molecule has 0 aliphatic carbocycles. The summed E-state index contributed by atoms with van der Waals surface area (Å²) < 4.78 is 18.9. The largest absolute Gasteiger partial charge is 0.497 e. The van der Waals surface area contributed by atoms with Crippen LogP contribution in [0.25, 0.3) is 51.2 Å². The fourth-order valence-electron chi connectivity index (χ4n) is 5.36. The molecule has 12 heteroatoms. The molecule has 0 aliphatic heterocycles. The normalized spacial score (nSPS) is 11.0. The van der Waals surface area contributed by atoms with Gasteiger partial charge in [0.15, 0.2) is 17.3 Å². The molecule has 0 amide bonds. The summed E-state index contributed by atoms with van der Waals surface area (Å²) in [4.78, 5) is 23.5. The van der Waals surface area contributed by atoms with Gasteiger partial charge in [-0.15, -0.1) is 5.10 Å². The van der Waals surface area contributed by atoms with Crippen LogP contribution in [0.15, 0.2) is 83.4 Å². The van der Waals surface area contributed by atoms with Crippen molar-refractivity contribution in [1.82, 2.24) is 34.9 Å². The Labute approximate surface area is 280 Å². The fourth-order valence-corrected chi connectivity index (χ4v) is 5.36. The van der Waals surface area contributed by atoms with Gasteiger partial charge in [-0.2, -0.15) is 15.0 Å². The number of benzene rings is 3. The number of anilines is 2. The molecule has 6 aromatic rings. The van der Waals surface area contributed by atoms with Crippen molar-refractivity contribution < 1.29 is 13.9 Å². The van der Waals surface area contributed by atoms with Gasteiger partial charge in [-0.25, -0.2) is 9.67 Å². The zero-order chi connectivity index (χ0) is 33.6. The highest BCUT2D eigenvalue weighted by Crippen LogP contribution is 2.37. The van der Waals surface area contributed by atoms with E-state index in [-0.39, 0.29) is 0 Å². The maximum Gasteiger partial charge on any atom is 0.230 e. The third-order valence-corrected chi connectivity index (χ3v) is 8.13. The van der Waals surface area contributed by atoms with E-state index in [4.69, 9.17) is 33.8 Å². The Morgan fingerprint density at radius 3 is 1.81 bits per heavy atom. The van der Waals surface area contributed by atoms with Crippen LogP contribution in [0.2, 0.25) is 0 Å². The average Bonchev–Trinajstić information content (AvgIpc) is 3.82. The zero-order valence-electron chi connectivity index (χ0n) is 28.1. The lowest BCUT2D eigenvalue weighted by molar-refractivity contribution is 0.414. The number of ether oxygens (including phenoxy) is 2. The Morgan fingerprint density at radius 2 is 1.25 bits per heavy atom. The van der Waals surface area contributed by atoms with E-state index in [0.29, 0.717) is 40.8 Å². The van der Waals surface area contributed by atoms with Crippen LogP contribution in [-0.2, 0) is 0 Å². The van der Waals surface area contributed by atoms with Crippen LogP contribution in [0.3, 0.4) is 0 Å². The van der Waals surface area contributed by atoms with E-state index in [2.05, 4.69) is 47.8 Å². The van der Waals surface area contributed by atoms with Crippen molar-refractivity contribution in [3.63, 3.8) is 0 Å². The Bertz CT molecular complexity index is 1870. The third-order valence-electron chi connectivity index (χ3n) is 8.13. The number of rotatable bonds is 13. The second-order valence-corrected chi connectivity index (χ2v) is 10.9. The van der Waals surface area contributed by atoms with Gasteiger partial charge in [-0.1, -0.05) is 11.3 Å². The highest BCUT2D eigenvalue weighted by atomic mass is 16.5. The molecule has 0 radical (unpaired) electrons. The Hall–Kier alpha value is -5.78. The van der Waals surface area contributed by atoms with Gasteiger partial charge in [0.05, 0.1) is 26.1 Å². The zero-order valence-corrected chi connectivity index (χ0v) is 28.1. The van der Waals surface area contributed by atoms with Crippen LogP contribution in [0.1, 0.15) is 27.7 Å². The first-order chi connectivity index (χ1) is 23.5. The fraction of sp³-hybridized carbons (Fsp3) is 0.278. The van der Waals surface area contributed by atoms with Gasteiger partial charge in [-0.05, 0) is 94.4 Å². The Kier molecular flexibility index (Phi) is 9.60. The molecular weight excluding hydrogens is 606 g/mol. The molecule has 0 aliphatic rings. The summed E-state index contributed by atoms with van der Waals surface area (Å²) in [5, 5.41) is 8.90. The van der Waals surface area contributed by atoms with Crippen LogP contribution in [-0.4, -0.2) is 75.3 Å². The van der Waals surface area contributed by atoms with Crippen LogP contribution in [0.4, 0.5) is 11.9 Å². The van der Waals surface area contributed by atoms with E-state index in [0.717, 1.165) is 60.1 Å². The number of nitrogens with zero attached hydrogens (tertiary/aromatic N) is 9. The van der Waals surface area contributed by atoms with Crippen molar-refractivity contribution in [3.8, 4) is 62.7 Å². The molecule has 0 saturated carbocycles. The molecule has 48 heavy (non-hydrogen) atoms. The van der Waals surface area contributed by atoms with E-state index < -0.39 is 0 Å².